The van der Waals surface area contributed by atoms with Crippen molar-refractivity contribution in [2.45, 2.75) is 58.8 Å². The van der Waals surface area contributed by atoms with Gasteiger partial charge in [-0.2, -0.15) is 0 Å². The Morgan fingerprint density at radius 2 is 0.971 bits per heavy atom. The van der Waals surface area contributed by atoms with Crippen molar-refractivity contribution in [1.82, 2.24) is 9.80 Å². The van der Waals surface area contributed by atoms with E-state index in [1.165, 1.54) is 11.1 Å². The van der Waals surface area contributed by atoms with Crippen LogP contribution in [0.1, 0.15) is 59.1 Å². The first-order valence-electron chi connectivity index (χ1n) is 12.5. The minimum Gasteiger partial charge on any atom is -0.484 e. The Kier molecular flexibility index (Phi) is 8.47. The van der Waals surface area contributed by atoms with Gasteiger partial charge in [-0.3, -0.25) is 9.59 Å². The van der Waals surface area contributed by atoms with Gasteiger partial charge in [-0.25, -0.2) is 0 Å². The first-order valence-corrected chi connectivity index (χ1v) is 12.5. The maximum absolute atomic E-state index is 12.7. The molecule has 3 rings (SSSR count). The van der Waals surface area contributed by atoms with E-state index in [2.05, 4.69) is 41.5 Å². The molecular formula is C29H40N2O4. The van der Waals surface area contributed by atoms with E-state index in [-0.39, 0.29) is 35.9 Å². The van der Waals surface area contributed by atoms with Crippen molar-refractivity contribution < 1.29 is 19.1 Å². The van der Waals surface area contributed by atoms with Crippen molar-refractivity contribution in [3.63, 3.8) is 0 Å². The molecule has 6 nitrogen and oxygen atoms in total. The summed E-state index contributed by atoms with van der Waals surface area (Å²) in [6.07, 6.45) is 0.734. The van der Waals surface area contributed by atoms with Crippen LogP contribution in [0.15, 0.2) is 48.5 Å². The van der Waals surface area contributed by atoms with Gasteiger partial charge in [0.2, 0.25) is 0 Å². The highest BCUT2D eigenvalue weighted by molar-refractivity contribution is 5.79. The molecular weight excluding hydrogens is 440 g/mol. The summed E-state index contributed by atoms with van der Waals surface area (Å²) in [7, 11) is 0. The van der Waals surface area contributed by atoms with Crippen LogP contribution in [0.2, 0.25) is 0 Å². The summed E-state index contributed by atoms with van der Waals surface area (Å²) in [6.45, 7) is 15.2. The third-order valence-corrected chi connectivity index (χ3v) is 6.37. The highest BCUT2D eigenvalue weighted by atomic mass is 16.5. The summed E-state index contributed by atoms with van der Waals surface area (Å²) in [5.41, 5.74) is 2.59. The lowest BCUT2D eigenvalue weighted by Gasteiger charge is -2.23. The number of nitrogens with zero attached hydrogens (tertiary/aromatic N) is 2. The zero-order chi connectivity index (χ0) is 25.6. The second-order valence-corrected chi connectivity index (χ2v) is 11.2. The van der Waals surface area contributed by atoms with Crippen molar-refractivity contribution in [3.05, 3.63) is 59.7 Å². The Morgan fingerprint density at radius 1 is 0.629 bits per heavy atom. The predicted molar refractivity (Wildman–Crippen MR) is 139 cm³/mol. The smallest absolute Gasteiger partial charge is 0.260 e. The molecule has 1 aliphatic rings. The van der Waals surface area contributed by atoms with E-state index in [0.29, 0.717) is 37.7 Å². The monoisotopic (exact) mass is 480 g/mol. The SMILES string of the molecule is CC(C)(C)c1ccc(OCC(=O)N2CCCN(C(=O)COc3ccc(C(C)(C)C)cc3)CC2)cc1. The van der Waals surface area contributed by atoms with Crippen molar-refractivity contribution in [2.24, 2.45) is 0 Å². The van der Waals surface area contributed by atoms with E-state index >= 15 is 0 Å². The molecule has 0 aliphatic carbocycles. The van der Waals surface area contributed by atoms with Crippen LogP contribution in [-0.2, 0) is 20.4 Å². The highest BCUT2D eigenvalue weighted by Crippen LogP contribution is 2.25. The molecule has 2 aromatic rings. The van der Waals surface area contributed by atoms with Gasteiger partial charge < -0.3 is 19.3 Å². The van der Waals surface area contributed by atoms with Crippen LogP contribution >= 0.6 is 0 Å². The third kappa shape index (κ3) is 7.74. The van der Waals surface area contributed by atoms with Gasteiger partial charge in [0, 0.05) is 26.2 Å². The molecule has 35 heavy (non-hydrogen) atoms. The van der Waals surface area contributed by atoms with Crippen molar-refractivity contribution >= 4 is 11.8 Å². The number of benzene rings is 2. The maximum Gasteiger partial charge on any atom is 0.260 e. The maximum atomic E-state index is 12.7. The molecule has 0 saturated carbocycles. The van der Waals surface area contributed by atoms with Gasteiger partial charge in [-0.15, -0.1) is 0 Å². The van der Waals surface area contributed by atoms with E-state index in [1.807, 2.05) is 48.5 Å². The Labute approximate surface area is 210 Å². The number of hydrogen-bond donors (Lipinski definition) is 0. The van der Waals surface area contributed by atoms with Gasteiger partial charge >= 0.3 is 0 Å². The Bertz CT molecular complexity index is 904. The number of carbonyl (C=O) groups excluding carboxylic acids is 2. The summed E-state index contributed by atoms with van der Waals surface area (Å²) >= 11 is 0. The van der Waals surface area contributed by atoms with Crippen LogP contribution in [-0.4, -0.2) is 61.0 Å². The standard InChI is InChI=1S/C29H40N2O4/c1-28(2,3)22-8-12-24(13-9-22)34-20-26(32)30-16-7-17-31(19-18-30)27(33)21-35-25-14-10-23(11-15-25)29(4,5)6/h8-15H,7,16-21H2,1-6H3. The minimum absolute atomic E-state index is 0.00349. The lowest BCUT2D eigenvalue weighted by molar-refractivity contribution is -0.135. The molecule has 0 aromatic heterocycles. The first kappa shape index (κ1) is 26.6. The van der Waals surface area contributed by atoms with Gasteiger partial charge in [0.1, 0.15) is 11.5 Å². The van der Waals surface area contributed by atoms with Gasteiger partial charge in [0.15, 0.2) is 13.2 Å². The number of rotatable bonds is 6. The van der Waals surface area contributed by atoms with Crippen LogP contribution in [0.3, 0.4) is 0 Å². The van der Waals surface area contributed by atoms with Gasteiger partial charge in [-0.05, 0) is 52.6 Å². The van der Waals surface area contributed by atoms with Crippen LogP contribution in [0.4, 0.5) is 0 Å². The fourth-order valence-corrected chi connectivity index (χ4v) is 3.99. The molecule has 0 unspecified atom stereocenters. The summed E-state index contributed by atoms with van der Waals surface area (Å²) in [5, 5.41) is 0. The average molecular weight is 481 g/mol. The number of carbonyl (C=O) groups is 2. The van der Waals surface area contributed by atoms with E-state index < -0.39 is 0 Å². The molecule has 0 atom stereocenters. The topological polar surface area (TPSA) is 59.1 Å². The normalized spacial score (nSPS) is 14.9. The van der Waals surface area contributed by atoms with Gasteiger partial charge in [0.05, 0.1) is 0 Å². The second kappa shape index (κ2) is 11.1. The number of ether oxygens (including phenoxy) is 2. The van der Waals surface area contributed by atoms with Gasteiger partial charge in [0.25, 0.3) is 11.8 Å². The molecule has 1 fully saturated rings. The molecule has 0 radical (unpaired) electrons. The highest BCUT2D eigenvalue weighted by Gasteiger charge is 2.23. The van der Waals surface area contributed by atoms with Crippen molar-refractivity contribution in [3.8, 4) is 11.5 Å². The molecule has 1 saturated heterocycles. The summed E-state index contributed by atoms with van der Waals surface area (Å²) in [6, 6.07) is 15.8. The molecule has 0 bridgehead atoms. The Balaban J connectivity index is 1.44. The lowest BCUT2D eigenvalue weighted by atomic mass is 9.87. The largest absolute Gasteiger partial charge is 0.484 e. The van der Waals surface area contributed by atoms with Gasteiger partial charge in [-0.1, -0.05) is 65.8 Å². The molecule has 190 valence electrons. The first-order chi connectivity index (χ1) is 16.4. The zero-order valence-electron chi connectivity index (χ0n) is 22.1. The van der Waals surface area contributed by atoms with E-state index in [9.17, 15) is 9.59 Å². The quantitative estimate of drug-likeness (QED) is 0.596. The summed E-state index contributed by atoms with van der Waals surface area (Å²) in [4.78, 5) is 29.0. The van der Waals surface area contributed by atoms with Crippen LogP contribution in [0, 0.1) is 0 Å². The second-order valence-electron chi connectivity index (χ2n) is 11.2. The van der Waals surface area contributed by atoms with E-state index in [1.54, 1.807) is 9.80 Å². The van der Waals surface area contributed by atoms with E-state index in [0.717, 1.165) is 6.42 Å². The molecule has 0 spiro atoms. The minimum atomic E-state index is -0.0608. The van der Waals surface area contributed by atoms with Crippen molar-refractivity contribution in [2.75, 3.05) is 39.4 Å². The molecule has 6 heteroatoms. The predicted octanol–water partition coefficient (Wildman–Crippen LogP) is 4.80. The zero-order valence-corrected chi connectivity index (χ0v) is 22.1. The lowest BCUT2D eigenvalue weighted by Crippen LogP contribution is -2.40. The van der Waals surface area contributed by atoms with E-state index in [4.69, 9.17) is 9.47 Å². The third-order valence-electron chi connectivity index (χ3n) is 6.37. The fraction of sp³-hybridized carbons (Fsp3) is 0.517. The van der Waals surface area contributed by atoms with Crippen molar-refractivity contribution in [1.29, 1.82) is 0 Å². The average Bonchev–Trinajstić information content (AvgIpc) is 3.07. The molecule has 2 aromatic carbocycles. The summed E-state index contributed by atoms with van der Waals surface area (Å²) < 4.78 is 11.5. The Hall–Kier alpha value is -3.02. The van der Waals surface area contributed by atoms with Crippen LogP contribution in [0.25, 0.3) is 0 Å². The summed E-state index contributed by atoms with van der Waals surface area (Å²) in [5.74, 6) is 1.25. The van der Waals surface area contributed by atoms with Crippen LogP contribution < -0.4 is 9.47 Å². The van der Waals surface area contributed by atoms with Crippen LogP contribution in [0.5, 0.6) is 11.5 Å². The molecule has 2 amide bonds. The number of hydrogen-bond acceptors (Lipinski definition) is 4. The fourth-order valence-electron chi connectivity index (χ4n) is 3.99. The Morgan fingerprint density at radius 3 is 1.29 bits per heavy atom. The molecule has 0 N–H and O–H groups in total. The molecule has 1 aliphatic heterocycles. The number of amides is 2. The molecule has 1 heterocycles.